The molecule has 0 radical (unpaired) electrons. The lowest BCUT2D eigenvalue weighted by atomic mass is 10.3. The van der Waals surface area contributed by atoms with Crippen molar-refractivity contribution in [3.05, 3.63) is 60.0 Å². The summed E-state index contributed by atoms with van der Waals surface area (Å²) in [4.78, 5) is 23.0. The van der Waals surface area contributed by atoms with E-state index in [1.807, 2.05) is 0 Å². The van der Waals surface area contributed by atoms with Crippen LogP contribution >= 0.6 is 31.9 Å². The van der Waals surface area contributed by atoms with Gasteiger partial charge in [-0.2, -0.15) is 0 Å². The summed E-state index contributed by atoms with van der Waals surface area (Å²) in [7, 11) is 0. The van der Waals surface area contributed by atoms with Crippen molar-refractivity contribution in [2.45, 2.75) is 0 Å². The molecule has 1 N–H and O–H groups in total. The fourth-order valence-corrected chi connectivity index (χ4v) is 1.90. The van der Waals surface area contributed by atoms with Crippen LogP contribution in [0, 0.1) is 0 Å². The SMILES string of the molecule is O=c1cc(Br)c(=O)n(-c2ccc(Br)cc2)[nH]1. The average molecular weight is 346 g/mol. The molecule has 0 spiro atoms. The van der Waals surface area contributed by atoms with Gasteiger partial charge in [0.05, 0.1) is 10.2 Å². The highest BCUT2D eigenvalue weighted by molar-refractivity contribution is 9.10. The van der Waals surface area contributed by atoms with E-state index in [9.17, 15) is 9.59 Å². The van der Waals surface area contributed by atoms with E-state index in [2.05, 4.69) is 37.0 Å². The topological polar surface area (TPSA) is 54.9 Å². The van der Waals surface area contributed by atoms with Crippen LogP contribution in [-0.4, -0.2) is 9.78 Å². The van der Waals surface area contributed by atoms with Gasteiger partial charge in [-0.3, -0.25) is 14.7 Å². The Labute approximate surface area is 107 Å². The maximum absolute atomic E-state index is 11.7. The molecule has 0 saturated carbocycles. The summed E-state index contributed by atoms with van der Waals surface area (Å²) >= 11 is 6.34. The third-order valence-corrected chi connectivity index (χ3v) is 3.07. The minimum absolute atomic E-state index is 0.235. The van der Waals surface area contributed by atoms with Crippen molar-refractivity contribution in [3.63, 3.8) is 0 Å². The largest absolute Gasteiger partial charge is 0.284 e. The molecule has 1 heterocycles. The van der Waals surface area contributed by atoms with Crippen LogP contribution in [0.25, 0.3) is 5.69 Å². The number of halogens is 2. The molecule has 4 nitrogen and oxygen atoms in total. The van der Waals surface area contributed by atoms with Crippen LogP contribution in [0.5, 0.6) is 0 Å². The quantitative estimate of drug-likeness (QED) is 0.860. The fraction of sp³-hybridized carbons (Fsp3) is 0. The predicted octanol–water partition coefficient (Wildman–Crippen LogP) is 2.05. The Morgan fingerprint density at radius 1 is 1.06 bits per heavy atom. The highest BCUT2D eigenvalue weighted by Gasteiger charge is 2.04. The number of hydrogen-bond donors (Lipinski definition) is 1. The standard InChI is InChI=1S/C10H6Br2N2O2/c11-6-1-3-7(4-2-6)14-10(16)8(12)5-9(15)13-14/h1-5H,(H,13,15). The summed E-state index contributed by atoms with van der Waals surface area (Å²) in [6.07, 6.45) is 0. The summed E-state index contributed by atoms with van der Waals surface area (Å²) in [6, 6.07) is 8.25. The Hall–Kier alpha value is -1.14. The van der Waals surface area contributed by atoms with Gasteiger partial charge in [0.15, 0.2) is 0 Å². The zero-order valence-corrected chi connectivity index (χ0v) is 11.1. The van der Waals surface area contributed by atoms with E-state index in [0.29, 0.717) is 5.69 Å². The maximum atomic E-state index is 11.7. The molecule has 0 fully saturated rings. The highest BCUT2D eigenvalue weighted by Crippen LogP contribution is 2.12. The molecule has 0 atom stereocenters. The monoisotopic (exact) mass is 344 g/mol. The van der Waals surface area contributed by atoms with Crippen molar-refractivity contribution in [3.8, 4) is 5.69 Å². The van der Waals surface area contributed by atoms with E-state index >= 15 is 0 Å². The van der Waals surface area contributed by atoms with Crippen LogP contribution in [0.3, 0.4) is 0 Å². The summed E-state index contributed by atoms with van der Waals surface area (Å²) < 4.78 is 2.33. The lowest BCUT2D eigenvalue weighted by Crippen LogP contribution is -2.28. The molecular weight excluding hydrogens is 340 g/mol. The molecule has 82 valence electrons. The number of nitrogens with zero attached hydrogens (tertiary/aromatic N) is 1. The van der Waals surface area contributed by atoms with Gasteiger partial charge in [-0.05, 0) is 40.2 Å². The maximum Gasteiger partial charge on any atom is 0.284 e. The molecule has 0 unspecified atom stereocenters. The molecule has 6 heteroatoms. The van der Waals surface area contributed by atoms with Crippen molar-refractivity contribution in [2.75, 3.05) is 0 Å². The normalized spacial score (nSPS) is 10.4. The molecule has 2 aromatic rings. The summed E-state index contributed by atoms with van der Waals surface area (Å²) in [5, 5.41) is 2.46. The van der Waals surface area contributed by atoms with E-state index in [0.717, 1.165) is 4.47 Å². The van der Waals surface area contributed by atoms with Gasteiger partial charge in [0.1, 0.15) is 0 Å². The smallest absolute Gasteiger partial charge is 0.268 e. The third kappa shape index (κ3) is 2.17. The van der Waals surface area contributed by atoms with E-state index in [1.165, 1.54) is 10.7 Å². The van der Waals surface area contributed by atoms with E-state index < -0.39 is 0 Å². The van der Waals surface area contributed by atoms with Crippen LogP contribution in [-0.2, 0) is 0 Å². The second-order valence-corrected chi connectivity index (χ2v) is 4.86. The van der Waals surface area contributed by atoms with Crippen LogP contribution in [0.2, 0.25) is 0 Å². The summed E-state index contributed by atoms with van der Waals surface area (Å²) in [5.41, 5.74) is -0.0390. The van der Waals surface area contributed by atoms with Crippen LogP contribution in [0.1, 0.15) is 0 Å². The molecule has 0 aliphatic carbocycles. The lowest BCUT2D eigenvalue weighted by molar-refractivity contribution is 0.779. The van der Waals surface area contributed by atoms with Crippen molar-refractivity contribution in [2.24, 2.45) is 0 Å². The van der Waals surface area contributed by atoms with Gasteiger partial charge in [-0.1, -0.05) is 15.9 Å². The molecule has 0 aliphatic rings. The zero-order valence-electron chi connectivity index (χ0n) is 7.91. The molecular formula is C10H6Br2N2O2. The lowest BCUT2D eigenvalue weighted by Gasteiger charge is -2.05. The van der Waals surface area contributed by atoms with Gasteiger partial charge >= 0.3 is 0 Å². The van der Waals surface area contributed by atoms with E-state index in [4.69, 9.17) is 0 Å². The third-order valence-electron chi connectivity index (χ3n) is 1.97. The number of rotatable bonds is 1. The number of nitrogens with one attached hydrogen (secondary N) is 1. The first-order valence-corrected chi connectivity index (χ1v) is 5.94. The Balaban J connectivity index is 2.69. The van der Waals surface area contributed by atoms with Gasteiger partial charge in [0, 0.05) is 10.5 Å². The Morgan fingerprint density at radius 3 is 2.31 bits per heavy atom. The Morgan fingerprint density at radius 2 is 1.69 bits per heavy atom. The van der Waals surface area contributed by atoms with Crippen molar-refractivity contribution >= 4 is 31.9 Å². The van der Waals surface area contributed by atoms with Gasteiger partial charge in [-0.25, -0.2) is 4.68 Å². The predicted molar refractivity (Wildman–Crippen MR) is 68.1 cm³/mol. The second kappa shape index (κ2) is 4.39. The fourth-order valence-electron chi connectivity index (χ4n) is 1.25. The Bertz CT molecular complexity index is 629. The van der Waals surface area contributed by atoms with Crippen LogP contribution in [0.15, 0.2) is 48.9 Å². The first kappa shape index (κ1) is 11.3. The zero-order chi connectivity index (χ0) is 11.7. The van der Waals surface area contributed by atoms with Gasteiger partial charge < -0.3 is 0 Å². The summed E-state index contributed by atoms with van der Waals surface area (Å²) in [5.74, 6) is 0. The van der Waals surface area contributed by atoms with Gasteiger partial charge in [0.25, 0.3) is 11.1 Å². The molecule has 0 aliphatic heterocycles. The van der Waals surface area contributed by atoms with Crippen molar-refractivity contribution in [1.82, 2.24) is 9.78 Å². The molecule has 0 saturated heterocycles. The number of hydrogen-bond acceptors (Lipinski definition) is 2. The molecule has 0 amide bonds. The van der Waals surface area contributed by atoms with Gasteiger partial charge in [-0.15, -0.1) is 0 Å². The van der Waals surface area contributed by atoms with E-state index in [-0.39, 0.29) is 15.6 Å². The minimum Gasteiger partial charge on any atom is -0.268 e. The van der Waals surface area contributed by atoms with Crippen LogP contribution < -0.4 is 11.1 Å². The molecule has 0 bridgehead atoms. The first-order valence-electron chi connectivity index (χ1n) is 4.36. The number of aromatic nitrogens is 2. The molecule has 1 aromatic heterocycles. The number of aromatic amines is 1. The molecule has 2 rings (SSSR count). The molecule has 16 heavy (non-hydrogen) atoms. The Kier molecular flexibility index (Phi) is 3.11. The summed E-state index contributed by atoms with van der Waals surface area (Å²) in [6.45, 7) is 0. The van der Waals surface area contributed by atoms with Crippen molar-refractivity contribution in [1.29, 1.82) is 0 Å². The molecule has 1 aromatic carbocycles. The van der Waals surface area contributed by atoms with Crippen molar-refractivity contribution < 1.29 is 0 Å². The average Bonchev–Trinajstić information content (AvgIpc) is 2.25. The second-order valence-electron chi connectivity index (χ2n) is 3.09. The van der Waals surface area contributed by atoms with E-state index in [1.54, 1.807) is 24.3 Å². The minimum atomic E-state index is -0.339. The first-order chi connectivity index (χ1) is 7.58. The highest BCUT2D eigenvalue weighted by atomic mass is 79.9. The van der Waals surface area contributed by atoms with Crippen LogP contribution in [0.4, 0.5) is 0 Å². The number of H-pyrrole nitrogens is 1. The number of benzene rings is 1. The van der Waals surface area contributed by atoms with Gasteiger partial charge in [0.2, 0.25) is 0 Å².